The molecule has 3 aromatic rings. The maximum atomic E-state index is 13.2. The van der Waals surface area contributed by atoms with Crippen LogP contribution >= 0.6 is 0 Å². The number of hydrogen-bond acceptors (Lipinski definition) is 6. The van der Waals surface area contributed by atoms with Crippen LogP contribution in [0.3, 0.4) is 0 Å². The van der Waals surface area contributed by atoms with Crippen LogP contribution in [0.1, 0.15) is 65.8 Å². The fourth-order valence-corrected chi connectivity index (χ4v) is 5.80. The van der Waals surface area contributed by atoms with Crippen molar-refractivity contribution in [3.05, 3.63) is 65.6 Å². The number of furan rings is 1. The average molecular weight is 484 g/mol. The number of carbonyl (C=O) groups excluding carboxylic acids is 1. The van der Waals surface area contributed by atoms with Crippen molar-refractivity contribution < 1.29 is 17.6 Å². The summed E-state index contributed by atoms with van der Waals surface area (Å²) in [4.78, 5) is 15.2. The molecule has 1 amide bonds. The second kappa shape index (κ2) is 9.71. The number of fused-ring (bicyclic) bond motifs is 1. The summed E-state index contributed by atoms with van der Waals surface area (Å²) in [5, 5.41) is 8.92. The number of nitrogens with one attached hydrogen (secondary N) is 1. The summed E-state index contributed by atoms with van der Waals surface area (Å²) < 4.78 is 35.1. The molecule has 10 heteroatoms. The molecule has 2 aromatic heterocycles. The molecule has 1 atom stereocenters. The maximum absolute atomic E-state index is 13.2. The largest absolute Gasteiger partial charge is 0.468 e. The molecule has 5 rings (SSSR count). The molecule has 0 aliphatic carbocycles. The molecule has 9 nitrogen and oxygen atoms in total. The van der Waals surface area contributed by atoms with Gasteiger partial charge in [-0.1, -0.05) is 6.42 Å². The van der Waals surface area contributed by atoms with Gasteiger partial charge >= 0.3 is 0 Å². The number of nitrogens with zero attached hydrogens (tertiary/aromatic N) is 4. The van der Waals surface area contributed by atoms with E-state index < -0.39 is 10.0 Å². The third kappa shape index (κ3) is 4.78. The lowest BCUT2D eigenvalue weighted by molar-refractivity contribution is 0.0703. The summed E-state index contributed by atoms with van der Waals surface area (Å²) in [6.07, 6.45) is 7.85. The maximum Gasteiger partial charge on any atom is 0.253 e. The summed E-state index contributed by atoms with van der Waals surface area (Å²) >= 11 is 0. The molecule has 0 saturated carbocycles. The molecule has 1 saturated heterocycles. The third-order valence-corrected chi connectivity index (χ3v) is 8.06. The SMILES string of the molecule is O=C(c1ccc(S(=O)(=O)NCc2ccco2)cc1)N1CCCC(c2nnc3n2CCCCC3)C1. The highest BCUT2D eigenvalue weighted by molar-refractivity contribution is 7.89. The Kier molecular flexibility index (Phi) is 6.51. The van der Waals surface area contributed by atoms with Gasteiger partial charge in [-0.2, -0.15) is 0 Å². The van der Waals surface area contributed by atoms with Crippen molar-refractivity contribution in [2.45, 2.75) is 62.4 Å². The van der Waals surface area contributed by atoms with Gasteiger partial charge in [-0.25, -0.2) is 13.1 Å². The van der Waals surface area contributed by atoms with Crippen LogP contribution in [0, 0.1) is 0 Å². The smallest absolute Gasteiger partial charge is 0.253 e. The second-order valence-electron chi connectivity index (χ2n) is 8.96. The highest BCUT2D eigenvalue weighted by Crippen LogP contribution is 2.29. The Balaban J connectivity index is 1.26. The van der Waals surface area contributed by atoms with E-state index in [0.717, 1.165) is 50.3 Å². The van der Waals surface area contributed by atoms with Crippen LogP contribution in [0.4, 0.5) is 0 Å². The van der Waals surface area contributed by atoms with E-state index >= 15 is 0 Å². The molecular weight excluding hydrogens is 454 g/mol. The zero-order valence-electron chi connectivity index (χ0n) is 19.0. The fourth-order valence-electron chi connectivity index (χ4n) is 4.80. The van der Waals surface area contributed by atoms with Crippen LogP contribution < -0.4 is 4.72 Å². The van der Waals surface area contributed by atoms with Gasteiger partial charge in [-0.05, 0) is 62.1 Å². The molecule has 34 heavy (non-hydrogen) atoms. The minimum absolute atomic E-state index is 0.0670. The highest BCUT2D eigenvalue weighted by Gasteiger charge is 2.30. The predicted octanol–water partition coefficient (Wildman–Crippen LogP) is 3.10. The molecule has 1 N–H and O–H groups in total. The van der Waals surface area contributed by atoms with Gasteiger partial charge in [0.2, 0.25) is 10.0 Å². The first-order valence-electron chi connectivity index (χ1n) is 11.8. The fraction of sp³-hybridized carbons (Fsp3) is 0.458. The first-order chi connectivity index (χ1) is 16.5. The van der Waals surface area contributed by atoms with Crippen molar-refractivity contribution >= 4 is 15.9 Å². The minimum atomic E-state index is -3.71. The summed E-state index contributed by atoms with van der Waals surface area (Å²) in [5.41, 5.74) is 0.478. The van der Waals surface area contributed by atoms with Crippen molar-refractivity contribution in [3.8, 4) is 0 Å². The van der Waals surface area contributed by atoms with Gasteiger partial charge in [0.25, 0.3) is 5.91 Å². The Bertz CT molecular complexity index is 1230. The molecular formula is C24H29N5O4S. The lowest BCUT2D eigenvalue weighted by atomic mass is 9.96. The molecule has 1 fully saturated rings. The molecule has 1 aromatic carbocycles. The van der Waals surface area contributed by atoms with Crippen molar-refractivity contribution in [2.24, 2.45) is 0 Å². The van der Waals surface area contributed by atoms with Crippen LogP contribution in [0.2, 0.25) is 0 Å². The monoisotopic (exact) mass is 483 g/mol. The van der Waals surface area contributed by atoms with E-state index in [9.17, 15) is 13.2 Å². The molecule has 0 spiro atoms. The number of likely N-dealkylation sites (tertiary alicyclic amines) is 1. The Morgan fingerprint density at radius 2 is 1.91 bits per heavy atom. The number of rotatable bonds is 6. The zero-order chi connectivity index (χ0) is 23.5. The molecule has 0 radical (unpaired) electrons. The molecule has 1 unspecified atom stereocenters. The first kappa shape index (κ1) is 22.8. The first-order valence-corrected chi connectivity index (χ1v) is 13.3. The highest BCUT2D eigenvalue weighted by atomic mass is 32.2. The van der Waals surface area contributed by atoms with E-state index in [1.807, 2.05) is 4.90 Å². The van der Waals surface area contributed by atoms with E-state index in [1.165, 1.54) is 24.8 Å². The number of aryl methyl sites for hydroxylation is 1. The molecule has 180 valence electrons. The van der Waals surface area contributed by atoms with Gasteiger partial charge in [0, 0.05) is 37.5 Å². The normalized spacial score (nSPS) is 18.9. The quantitative estimate of drug-likeness (QED) is 0.577. The Morgan fingerprint density at radius 1 is 1.06 bits per heavy atom. The van der Waals surface area contributed by atoms with Crippen LogP contribution in [0.25, 0.3) is 0 Å². The number of carbonyl (C=O) groups is 1. The van der Waals surface area contributed by atoms with E-state index in [2.05, 4.69) is 19.5 Å². The van der Waals surface area contributed by atoms with Gasteiger partial charge in [0.05, 0.1) is 17.7 Å². The summed E-state index contributed by atoms with van der Waals surface area (Å²) in [7, 11) is -3.71. The lowest BCUT2D eigenvalue weighted by Crippen LogP contribution is -2.39. The molecule has 2 aliphatic heterocycles. The van der Waals surface area contributed by atoms with E-state index in [0.29, 0.717) is 24.4 Å². The van der Waals surface area contributed by atoms with Crippen molar-refractivity contribution in [2.75, 3.05) is 13.1 Å². The summed E-state index contributed by atoms with van der Waals surface area (Å²) in [5.74, 6) is 2.67. The molecule has 0 bridgehead atoms. The average Bonchev–Trinajstić information content (AvgIpc) is 3.47. The Morgan fingerprint density at radius 3 is 2.71 bits per heavy atom. The second-order valence-corrected chi connectivity index (χ2v) is 10.7. The van der Waals surface area contributed by atoms with Gasteiger partial charge in [0.1, 0.15) is 17.4 Å². The van der Waals surface area contributed by atoms with Gasteiger partial charge in [-0.15, -0.1) is 10.2 Å². The van der Waals surface area contributed by atoms with Gasteiger partial charge in [0.15, 0.2) is 0 Å². The number of amides is 1. The minimum Gasteiger partial charge on any atom is -0.468 e. The number of hydrogen-bond donors (Lipinski definition) is 1. The Hall–Kier alpha value is -2.98. The van der Waals surface area contributed by atoms with Crippen molar-refractivity contribution in [1.82, 2.24) is 24.4 Å². The lowest BCUT2D eigenvalue weighted by Gasteiger charge is -2.32. The van der Waals surface area contributed by atoms with E-state index in [4.69, 9.17) is 4.42 Å². The molecule has 2 aliphatic rings. The van der Waals surface area contributed by atoms with Gasteiger partial charge < -0.3 is 13.9 Å². The van der Waals surface area contributed by atoms with E-state index in [-0.39, 0.29) is 23.3 Å². The van der Waals surface area contributed by atoms with Crippen LogP contribution in [-0.2, 0) is 29.5 Å². The number of piperidine rings is 1. The number of benzene rings is 1. The third-order valence-electron chi connectivity index (χ3n) is 6.64. The Labute approximate surface area is 199 Å². The standard InChI is InChI=1S/C24H29N5O4S/c30-24(18-9-11-21(12-10-18)34(31,32)25-16-20-7-5-15-33-20)28-13-4-6-19(17-28)23-27-26-22-8-2-1-3-14-29(22)23/h5,7,9-12,15,19,25H,1-4,6,8,13-14,16-17H2. The van der Waals surface area contributed by atoms with E-state index in [1.54, 1.807) is 24.3 Å². The molecule has 4 heterocycles. The van der Waals surface area contributed by atoms with Gasteiger partial charge in [-0.3, -0.25) is 4.79 Å². The van der Waals surface area contributed by atoms with Crippen LogP contribution in [-0.4, -0.2) is 47.1 Å². The summed E-state index contributed by atoms with van der Waals surface area (Å²) in [6.45, 7) is 2.30. The number of aromatic nitrogens is 3. The van der Waals surface area contributed by atoms with Crippen LogP contribution in [0.15, 0.2) is 52.0 Å². The predicted molar refractivity (Wildman–Crippen MR) is 125 cm³/mol. The topological polar surface area (TPSA) is 110 Å². The number of sulfonamides is 1. The summed E-state index contributed by atoms with van der Waals surface area (Å²) in [6, 6.07) is 9.50. The van der Waals surface area contributed by atoms with Crippen molar-refractivity contribution in [1.29, 1.82) is 0 Å². The van der Waals surface area contributed by atoms with Crippen LogP contribution in [0.5, 0.6) is 0 Å². The van der Waals surface area contributed by atoms with Crippen molar-refractivity contribution in [3.63, 3.8) is 0 Å². The zero-order valence-corrected chi connectivity index (χ0v) is 19.8.